The molecule has 0 radical (unpaired) electrons. The zero-order valence-electron chi connectivity index (χ0n) is 15.1. The van der Waals surface area contributed by atoms with Crippen molar-refractivity contribution in [1.82, 2.24) is 4.68 Å². The molecule has 0 saturated heterocycles. The Hall–Kier alpha value is -2.40. The van der Waals surface area contributed by atoms with Gasteiger partial charge in [-0.05, 0) is 51.2 Å². The molecule has 0 fully saturated rings. The summed E-state index contributed by atoms with van der Waals surface area (Å²) in [6, 6.07) is 10.4. The molecule has 0 N–H and O–H groups in total. The number of para-hydroxylation sites is 1. The van der Waals surface area contributed by atoms with Crippen LogP contribution in [0.3, 0.4) is 0 Å². The van der Waals surface area contributed by atoms with E-state index in [-0.39, 0.29) is 6.04 Å². The Bertz CT molecular complexity index is 986. The summed E-state index contributed by atoms with van der Waals surface area (Å²) in [6.45, 7) is 4.17. The molecular weight excluding hydrogens is 342 g/mol. The second-order valence-electron chi connectivity index (χ2n) is 6.90. The SMILES string of the molecule is CC(C)N=c1scc(-c2cc3ccccc3o2)n1N=CC1CC=CCC1. The van der Waals surface area contributed by atoms with Gasteiger partial charge in [-0.25, -0.2) is 4.68 Å². The van der Waals surface area contributed by atoms with E-state index < -0.39 is 0 Å². The number of hydrogen-bond donors (Lipinski definition) is 0. The van der Waals surface area contributed by atoms with E-state index in [1.807, 2.05) is 22.9 Å². The van der Waals surface area contributed by atoms with Crippen LogP contribution in [0.5, 0.6) is 0 Å². The highest BCUT2D eigenvalue weighted by molar-refractivity contribution is 7.07. The first-order valence-corrected chi connectivity index (χ1v) is 10.0. The van der Waals surface area contributed by atoms with Gasteiger partial charge in [0.1, 0.15) is 11.3 Å². The van der Waals surface area contributed by atoms with E-state index >= 15 is 0 Å². The number of furan rings is 1. The molecule has 2 heterocycles. The summed E-state index contributed by atoms with van der Waals surface area (Å²) in [5.74, 6) is 1.32. The number of fused-ring (bicyclic) bond motifs is 1. The predicted molar refractivity (Wildman–Crippen MR) is 109 cm³/mol. The molecule has 4 nitrogen and oxygen atoms in total. The number of benzene rings is 1. The van der Waals surface area contributed by atoms with E-state index in [9.17, 15) is 0 Å². The molecule has 0 spiro atoms. The molecule has 134 valence electrons. The third kappa shape index (κ3) is 3.58. The van der Waals surface area contributed by atoms with E-state index in [0.29, 0.717) is 5.92 Å². The first kappa shape index (κ1) is 17.0. The topological polar surface area (TPSA) is 42.8 Å². The lowest BCUT2D eigenvalue weighted by molar-refractivity contribution is 0.611. The molecule has 3 aromatic rings. The molecule has 1 aliphatic carbocycles. The summed E-state index contributed by atoms with van der Waals surface area (Å²) in [6.07, 6.45) is 9.91. The summed E-state index contributed by atoms with van der Waals surface area (Å²) in [5, 5.41) is 7.99. The Kier molecular flexibility index (Phi) is 4.89. The molecule has 5 heteroatoms. The average Bonchev–Trinajstić information content (AvgIpc) is 3.24. The maximum Gasteiger partial charge on any atom is 0.206 e. The van der Waals surface area contributed by atoms with Crippen LogP contribution in [0, 0.1) is 5.92 Å². The van der Waals surface area contributed by atoms with E-state index in [2.05, 4.69) is 49.7 Å². The zero-order valence-corrected chi connectivity index (χ0v) is 15.9. The van der Waals surface area contributed by atoms with Gasteiger partial charge in [0.25, 0.3) is 0 Å². The molecule has 1 atom stereocenters. The van der Waals surface area contributed by atoms with Crippen molar-refractivity contribution in [2.75, 3.05) is 0 Å². The highest BCUT2D eigenvalue weighted by Crippen LogP contribution is 2.28. The summed E-state index contributed by atoms with van der Waals surface area (Å²) >= 11 is 1.60. The molecule has 0 aliphatic heterocycles. The van der Waals surface area contributed by atoms with Gasteiger partial charge in [0.05, 0.1) is 0 Å². The summed E-state index contributed by atoms with van der Waals surface area (Å²) in [5.41, 5.74) is 1.84. The van der Waals surface area contributed by atoms with Gasteiger partial charge in [-0.15, -0.1) is 11.3 Å². The minimum Gasteiger partial charge on any atom is -0.454 e. The number of nitrogens with zero attached hydrogens (tertiary/aromatic N) is 3. The highest BCUT2D eigenvalue weighted by atomic mass is 32.1. The molecule has 0 saturated carbocycles. The number of aromatic nitrogens is 1. The number of hydrogen-bond acceptors (Lipinski definition) is 4. The van der Waals surface area contributed by atoms with Crippen molar-refractivity contribution in [2.24, 2.45) is 16.0 Å². The van der Waals surface area contributed by atoms with Gasteiger partial charge in [-0.3, -0.25) is 4.99 Å². The van der Waals surface area contributed by atoms with Crippen LogP contribution in [-0.2, 0) is 0 Å². The van der Waals surface area contributed by atoms with Crippen LogP contribution >= 0.6 is 11.3 Å². The average molecular weight is 366 g/mol. The maximum absolute atomic E-state index is 6.06. The van der Waals surface area contributed by atoms with Gasteiger partial charge >= 0.3 is 0 Å². The van der Waals surface area contributed by atoms with E-state index in [1.54, 1.807) is 11.3 Å². The number of rotatable bonds is 4. The van der Waals surface area contributed by atoms with E-state index in [4.69, 9.17) is 14.5 Å². The monoisotopic (exact) mass is 365 g/mol. The molecule has 26 heavy (non-hydrogen) atoms. The standard InChI is InChI=1S/C21H23N3OS/c1-15(2)23-21-24(22-13-16-8-4-3-5-9-16)18(14-26-21)20-12-17-10-6-7-11-19(17)25-20/h3-4,6-7,10-16H,5,8-9H2,1-2H3. The lowest BCUT2D eigenvalue weighted by Gasteiger charge is -2.12. The molecule has 2 aromatic heterocycles. The first-order valence-electron chi connectivity index (χ1n) is 9.13. The van der Waals surface area contributed by atoms with Crippen LogP contribution in [0.25, 0.3) is 22.4 Å². The Morgan fingerprint density at radius 1 is 1.27 bits per heavy atom. The van der Waals surface area contributed by atoms with Gasteiger partial charge < -0.3 is 4.42 Å². The van der Waals surface area contributed by atoms with Crippen LogP contribution in [-0.4, -0.2) is 16.9 Å². The number of thiazole rings is 1. The largest absolute Gasteiger partial charge is 0.454 e. The molecule has 4 rings (SSSR count). The van der Waals surface area contributed by atoms with Crippen molar-refractivity contribution < 1.29 is 4.42 Å². The molecular formula is C21H23N3OS. The molecule has 1 unspecified atom stereocenters. The van der Waals surface area contributed by atoms with E-state index in [1.165, 1.54) is 0 Å². The van der Waals surface area contributed by atoms with Crippen LogP contribution in [0.2, 0.25) is 0 Å². The van der Waals surface area contributed by atoms with Crippen LogP contribution in [0.15, 0.2) is 62.4 Å². The lowest BCUT2D eigenvalue weighted by Crippen LogP contribution is -2.15. The van der Waals surface area contributed by atoms with Gasteiger partial charge in [-0.1, -0.05) is 30.4 Å². The zero-order chi connectivity index (χ0) is 17.9. The fourth-order valence-corrected chi connectivity index (χ4v) is 4.06. The summed E-state index contributed by atoms with van der Waals surface area (Å²) in [4.78, 5) is 5.64. The normalized spacial score (nSPS) is 18.6. The minimum absolute atomic E-state index is 0.219. The Labute approximate surface area is 157 Å². The van der Waals surface area contributed by atoms with Crippen molar-refractivity contribution in [3.63, 3.8) is 0 Å². The van der Waals surface area contributed by atoms with Gasteiger partial charge in [0.2, 0.25) is 4.80 Å². The fourth-order valence-electron chi connectivity index (χ4n) is 3.11. The fraction of sp³-hybridized carbons (Fsp3) is 0.333. The molecule has 1 aliphatic rings. The van der Waals surface area contributed by atoms with Crippen molar-refractivity contribution >= 4 is 28.5 Å². The van der Waals surface area contributed by atoms with Crippen molar-refractivity contribution in [2.45, 2.75) is 39.2 Å². The van der Waals surface area contributed by atoms with Crippen molar-refractivity contribution in [3.05, 3.63) is 52.7 Å². The Balaban J connectivity index is 1.77. The second kappa shape index (κ2) is 7.46. The minimum atomic E-state index is 0.219. The molecule has 0 amide bonds. The van der Waals surface area contributed by atoms with Crippen LogP contribution < -0.4 is 4.80 Å². The predicted octanol–water partition coefficient (Wildman–Crippen LogP) is 5.46. The third-order valence-electron chi connectivity index (χ3n) is 4.43. The van der Waals surface area contributed by atoms with E-state index in [0.717, 1.165) is 46.5 Å². The Morgan fingerprint density at radius 2 is 2.15 bits per heavy atom. The van der Waals surface area contributed by atoms with Crippen molar-refractivity contribution in [3.8, 4) is 11.5 Å². The number of allylic oxidation sites excluding steroid dienone is 2. The smallest absolute Gasteiger partial charge is 0.206 e. The maximum atomic E-state index is 6.06. The van der Waals surface area contributed by atoms with Gasteiger partial charge in [0.15, 0.2) is 5.76 Å². The Morgan fingerprint density at radius 3 is 2.92 bits per heavy atom. The third-order valence-corrected chi connectivity index (χ3v) is 5.26. The lowest BCUT2D eigenvalue weighted by atomic mass is 9.96. The van der Waals surface area contributed by atoms with Crippen LogP contribution in [0.1, 0.15) is 33.1 Å². The molecule has 0 bridgehead atoms. The highest BCUT2D eigenvalue weighted by Gasteiger charge is 2.14. The van der Waals surface area contributed by atoms with Crippen molar-refractivity contribution in [1.29, 1.82) is 0 Å². The van der Waals surface area contributed by atoms with Gasteiger partial charge in [-0.2, -0.15) is 5.10 Å². The first-order chi connectivity index (χ1) is 12.7. The summed E-state index contributed by atoms with van der Waals surface area (Å²) in [7, 11) is 0. The van der Waals surface area contributed by atoms with Crippen LogP contribution in [0.4, 0.5) is 0 Å². The molecule has 1 aromatic carbocycles. The summed E-state index contributed by atoms with van der Waals surface area (Å²) < 4.78 is 8.00. The quantitative estimate of drug-likeness (QED) is 0.447. The second-order valence-corrected chi connectivity index (χ2v) is 7.73. The van der Waals surface area contributed by atoms with Gasteiger partial charge in [0, 0.05) is 23.0 Å².